The molecule has 0 spiro atoms. The van der Waals surface area contributed by atoms with Crippen molar-refractivity contribution in [2.45, 2.75) is 0 Å². The van der Waals surface area contributed by atoms with Gasteiger partial charge in [-0.3, -0.25) is 4.79 Å². The van der Waals surface area contributed by atoms with Crippen molar-refractivity contribution >= 4 is 21.6 Å². The number of anilines is 1. The fourth-order valence-corrected chi connectivity index (χ4v) is 1.60. The standard InChI is InChI=1S/C8H14N4O3S/c1-12-5-6(9)4-7(12)8(13)11-2-3-16(10,14)15/h4-5H,2-3,9H2,1H3,(H,11,13)(H2,10,14,15). The van der Waals surface area contributed by atoms with Crippen molar-refractivity contribution in [2.75, 3.05) is 18.0 Å². The number of primary sulfonamides is 1. The number of sulfonamides is 1. The third-order valence-electron chi connectivity index (χ3n) is 1.93. The molecular formula is C8H14N4O3S. The molecule has 0 bridgehead atoms. The molecule has 1 amide bonds. The van der Waals surface area contributed by atoms with E-state index in [1.54, 1.807) is 17.8 Å². The average Bonchev–Trinajstić information content (AvgIpc) is 2.43. The average molecular weight is 246 g/mol. The summed E-state index contributed by atoms with van der Waals surface area (Å²) in [5, 5.41) is 7.23. The van der Waals surface area contributed by atoms with E-state index < -0.39 is 10.0 Å². The molecule has 7 nitrogen and oxygen atoms in total. The molecular weight excluding hydrogens is 232 g/mol. The second-order valence-corrected chi connectivity index (χ2v) is 5.13. The van der Waals surface area contributed by atoms with Crippen molar-refractivity contribution in [3.05, 3.63) is 18.0 Å². The molecule has 0 fully saturated rings. The minimum Gasteiger partial charge on any atom is -0.397 e. The molecule has 0 unspecified atom stereocenters. The lowest BCUT2D eigenvalue weighted by Crippen LogP contribution is -2.32. The first-order valence-corrected chi connectivity index (χ1v) is 6.21. The number of hydrogen-bond donors (Lipinski definition) is 3. The Labute approximate surface area is 93.5 Å². The number of amides is 1. The van der Waals surface area contributed by atoms with Gasteiger partial charge in [0.2, 0.25) is 10.0 Å². The molecule has 0 saturated heterocycles. The lowest BCUT2D eigenvalue weighted by Gasteiger charge is -2.04. The van der Waals surface area contributed by atoms with Crippen LogP contribution in [0.1, 0.15) is 10.5 Å². The lowest BCUT2D eigenvalue weighted by atomic mass is 10.4. The molecule has 1 heterocycles. The van der Waals surface area contributed by atoms with Crippen LogP contribution in [0.2, 0.25) is 0 Å². The first-order valence-electron chi connectivity index (χ1n) is 4.50. The fourth-order valence-electron chi connectivity index (χ4n) is 1.21. The summed E-state index contributed by atoms with van der Waals surface area (Å²) in [6.45, 7) is -0.0250. The Hall–Kier alpha value is -1.54. The Kier molecular flexibility index (Phi) is 3.55. The van der Waals surface area contributed by atoms with Crippen molar-refractivity contribution < 1.29 is 13.2 Å². The number of aromatic nitrogens is 1. The Bertz CT molecular complexity index is 491. The van der Waals surface area contributed by atoms with Crippen LogP contribution in [0.4, 0.5) is 5.69 Å². The van der Waals surface area contributed by atoms with E-state index in [9.17, 15) is 13.2 Å². The number of rotatable bonds is 4. The van der Waals surface area contributed by atoms with Gasteiger partial charge < -0.3 is 15.6 Å². The molecule has 5 N–H and O–H groups in total. The van der Waals surface area contributed by atoms with E-state index in [-0.39, 0.29) is 18.2 Å². The smallest absolute Gasteiger partial charge is 0.268 e. The highest BCUT2D eigenvalue weighted by Gasteiger charge is 2.11. The van der Waals surface area contributed by atoms with Gasteiger partial charge in [-0.25, -0.2) is 13.6 Å². The van der Waals surface area contributed by atoms with Gasteiger partial charge in [-0.1, -0.05) is 0 Å². The van der Waals surface area contributed by atoms with E-state index in [1.165, 1.54) is 6.07 Å². The minimum absolute atomic E-state index is 0.0250. The maximum Gasteiger partial charge on any atom is 0.268 e. The van der Waals surface area contributed by atoms with Gasteiger partial charge in [-0.05, 0) is 6.07 Å². The maximum absolute atomic E-state index is 11.5. The zero-order valence-corrected chi connectivity index (χ0v) is 9.62. The number of carbonyl (C=O) groups excluding carboxylic acids is 1. The summed E-state index contributed by atoms with van der Waals surface area (Å²) < 4.78 is 22.8. The maximum atomic E-state index is 11.5. The number of nitrogens with one attached hydrogen (secondary N) is 1. The normalized spacial score (nSPS) is 11.4. The van der Waals surface area contributed by atoms with Gasteiger partial charge in [0.25, 0.3) is 5.91 Å². The second kappa shape index (κ2) is 4.54. The molecule has 0 aliphatic rings. The summed E-state index contributed by atoms with van der Waals surface area (Å²) in [5.74, 6) is -0.679. The van der Waals surface area contributed by atoms with Crippen LogP contribution in [0.5, 0.6) is 0 Å². The molecule has 1 aromatic heterocycles. The van der Waals surface area contributed by atoms with Crippen LogP contribution in [0.3, 0.4) is 0 Å². The van der Waals surface area contributed by atoms with Crippen LogP contribution in [0, 0.1) is 0 Å². The van der Waals surface area contributed by atoms with Gasteiger partial charge in [-0.15, -0.1) is 0 Å². The molecule has 1 rings (SSSR count). The summed E-state index contributed by atoms with van der Waals surface area (Å²) in [6, 6.07) is 1.51. The SMILES string of the molecule is Cn1cc(N)cc1C(=O)NCCS(N)(=O)=O. The van der Waals surface area contributed by atoms with E-state index in [2.05, 4.69) is 5.32 Å². The summed E-state index contributed by atoms with van der Waals surface area (Å²) in [4.78, 5) is 11.5. The Morgan fingerprint density at radius 3 is 2.62 bits per heavy atom. The Balaban J connectivity index is 2.57. The Morgan fingerprint density at radius 2 is 2.19 bits per heavy atom. The highest BCUT2D eigenvalue weighted by atomic mass is 32.2. The van der Waals surface area contributed by atoms with Gasteiger partial charge in [0.05, 0.1) is 11.4 Å². The third kappa shape index (κ3) is 3.55. The van der Waals surface area contributed by atoms with Crippen LogP contribution < -0.4 is 16.2 Å². The van der Waals surface area contributed by atoms with E-state index >= 15 is 0 Å². The quantitative estimate of drug-likeness (QED) is 0.606. The van der Waals surface area contributed by atoms with E-state index in [1.807, 2.05) is 0 Å². The number of carbonyl (C=O) groups is 1. The molecule has 1 aromatic rings. The zero-order chi connectivity index (χ0) is 12.3. The van der Waals surface area contributed by atoms with Gasteiger partial charge in [0.1, 0.15) is 5.69 Å². The molecule has 0 aliphatic carbocycles. The first-order chi connectivity index (χ1) is 7.29. The summed E-state index contributed by atoms with van der Waals surface area (Å²) in [7, 11) is -1.88. The highest BCUT2D eigenvalue weighted by Crippen LogP contribution is 2.07. The van der Waals surface area contributed by atoms with Crippen molar-refractivity contribution in [2.24, 2.45) is 12.2 Å². The monoisotopic (exact) mass is 246 g/mol. The number of hydrogen-bond acceptors (Lipinski definition) is 4. The van der Waals surface area contributed by atoms with Gasteiger partial charge in [-0.2, -0.15) is 0 Å². The molecule has 16 heavy (non-hydrogen) atoms. The van der Waals surface area contributed by atoms with E-state index in [0.29, 0.717) is 11.4 Å². The van der Waals surface area contributed by atoms with Gasteiger partial charge >= 0.3 is 0 Å². The van der Waals surface area contributed by atoms with E-state index in [0.717, 1.165) is 0 Å². The van der Waals surface area contributed by atoms with Crippen LogP contribution in [0.15, 0.2) is 12.3 Å². The number of aryl methyl sites for hydroxylation is 1. The number of nitrogen functional groups attached to an aromatic ring is 1. The molecule has 90 valence electrons. The van der Waals surface area contributed by atoms with Crippen molar-refractivity contribution in [1.82, 2.24) is 9.88 Å². The van der Waals surface area contributed by atoms with Gasteiger partial charge in [0.15, 0.2) is 0 Å². The van der Waals surface area contributed by atoms with Crippen molar-refractivity contribution in [1.29, 1.82) is 0 Å². The predicted octanol–water partition coefficient (Wildman–Crippen LogP) is -1.37. The summed E-state index contributed by atoms with van der Waals surface area (Å²) >= 11 is 0. The summed E-state index contributed by atoms with van der Waals surface area (Å²) in [5.41, 5.74) is 6.34. The topological polar surface area (TPSA) is 120 Å². The molecule has 0 aliphatic heterocycles. The largest absolute Gasteiger partial charge is 0.397 e. The number of nitrogens with two attached hydrogens (primary N) is 2. The van der Waals surface area contributed by atoms with Crippen molar-refractivity contribution in [3.63, 3.8) is 0 Å². The minimum atomic E-state index is -3.55. The molecule has 0 atom stereocenters. The summed E-state index contributed by atoms with van der Waals surface area (Å²) in [6.07, 6.45) is 1.59. The third-order valence-corrected chi connectivity index (χ3v) is 2.70. The van der Waals surface area contributed by atoms with Crippen molar-refractivity contribution in [3.8, 4) is 0 Å². The van der Waals surface area contributed by atoms with Crippen LogP contribution in [-0.2, 0) is 17.1 Å². The fraction of sp³-hybridized carbons (Fsp3) is 0.375. The highest BCUT2D eigenvalue weighted by molar-refractivity contribution is 7.89. The zero-order valence-electron chi connectivity index (χ0n) is 8.80. The van der Waals surface area contributed by atoms with Crippen LogP contribution in [0.25, 0.3) is 0 Å². The Morgan fingerprint density at radius 1 is 1.56 bits per heavy atom. The van der Waals surface area contributed by atoms with E-state index in [4.69, 9.17) is 10.9 Å². The molecule has 8 heteroatoms. The second-order valence-electron chi connectivity index (χ2n) is 3.39. The molecule has 0 aromatic carbocycles. The van der Waals surface area contributed by atoms with Gasteiger partial charge in [0, 0.05) is 19.8 Å². The predicted molar refractivity (Wildman–Crippen MR) is 60.1 cm³/mol. The molecule has 0 radical (unpaired) electrons. The first kappa shape index (κ1) is 12.5. The number of nitrogens with zero attached hydrogens (tertiary/aromatic N) is 1. The molecule has 0 saturated carbocycles. The lowest BCUT2D eigenvalue weighted by molar-refractivity contribution is 0.0948. The van der Waals surface area contributed by atoms with Crippen LogP contribution >= 0.6 is 0 Å². The van der Waals surface area contributed by atoms with Crippen LogP contribution in [-0.4, -0.2) is 31.2 Å².